The molecule has 0 spiro atoms. The minimum absolute atomic E-state index is 0.0563. The van der Waals surface area contributed by atoms with E-state index in [4.69, 9.17) is 0 Å². The maximum atomic E-state index is 12.9. The maximum absolute atomic E-state index is 12.9. The Labute approximate surface area is 169 Å². The monoisotopic (exact) mass is 386 g/mol. The lowest BCUT2D eigenvalue weighted by molar-refractivity contribution is -0.115. The van der Waals surface area contributed by atoms with Crippen LogP contribution in [0.15, 0.2) is 72.9 Å². The van der Waals surface area contributed by atoms with E-state index in [2.05, 4.69) is 39.9 Å². The largest absolute Gasteiger partial charge is 0.331 e. The van der Waals surface area contributed by atoms with E-state index in [0.29, 0.717) is 11.5 Å². The van der Waals surface area contributed by atoms with Crippen LogP contribution in [0.25, 0.3) is 11.1 Å². The van der Waals surface area contributed by atoms with E-state index < -0.39 is 0 Å². The van der Waals surface area contributed by atoms with Crippen molar-refractivity contribution in [2.45, 2.75) is 19.4 Å². The lowest BCUT2D eigenvalue weighted by atomic mass is 9.99. The standard InChI is InChI=1S/C23H22N4O2/c1-2-19(18-12-10-17(11-13-18)16-7-4-3-5-8-16)26-23(29)27-15-21(28)25-20-9-6-14-24-22(20)27/h3-14,19H,2,15H2,1H3,(H,25,28)(H,26,29). The highest BCUT2D eigenvalue weighted by molar-refractivity contribution is 6.08. The number of nitrogens with zero attached hydrogens (tertiary/aromatic N) is 2. The molecule has 0 fully saturated rings. The van der Waals surface area contributed by atoms with Gasteiger partial charge in [-0.1, -0.05) is 61.5 Å². The van der Waals surface area contributed by atoms with Crippen molar-refractivity contribution in [2.24, 2.45) is 0 Å². The molecule has 2 N–H and O–H groups in total. The molecule has 1 unspecified atom stereocenters. The number of benzene rings is 2. The predicted molar refractivity (Wildman–Crippen MR) is 114 cm³/mol. The van der Waals surface area contributed by atoms with Crippen LogP contribution in [-0.4, -0.2) is 23.5 Å². The van der Waals surface area contributed by atoms with E-state index in [1.54, 1.807) is 18.3 Å². The fourth-order valence-electron chi connectivity index (χ4n) is 3.47. The quantitative estimate of drug-likeness (QED) is 0.699. The molecule has 0 aliphatic carbocycles. The summed E-state index contributed by atoms with van der Waals surface area (Å²) in [6.07, 6.45) is 2.34. The van der Waals surface area contributed by atoms with Gasteiger partial charge < -0.3 is 10.6 Å². The Bertz CT molecular complexity index is 1020. The van der Waals surface area contributed by atoms with Gasteiger partial charge in [0.05, 0.1) is 11.7 Å². The van der Waals surface area contributed by atoms with Crippen LogP contribution in [0.2, 0.25) is 0 Å². The molecule has 1 atom stereocenters. The van der Waals surface area contributed by atoms with Gasteiger partial charge in [-0.25, -0.2) is 9.78 Å². The Kier molecular flexibility index (Phi) is 5.24. The molecule has 3 aromatic rings. The van der Waals surface area contributed by atoms with Gasteiger partial charge in [0.1, 0.15) is 6.54 Å². The van der Waals surface area contributed by atoms with E-state index in [1.165, 1.54) is 4.90 Å². The smallest absolute Gasteiger partial charge is 0.324 e. The van der Waals surface area contributed by atoms with Crippen LogP contribution in [-0.2, 0) is 4.79 Å². The van der Waals surface area contributed by atoms with Crippen LogP contribution in [0.1, 0.15) is 24.9 Å². The number of hydrogen-bond acceptors (Lipinski definition) is 3. The summed E-state index contributed by atoms with van der Waals surface area (Å²) in [6.45, 7) is 1.96. The third kappa shape index (κ3) is 3.96. The first kappa shape index (κ1) is 18.7. The first-order valence-electron chi connectivity index (χ1n) is 9.64. The van der Waals surface area contributed by atoms with Gasteiger partial charge in [-0.05, 0) is 35.2 Å². The van der Waals surface area contributed by atoms with Gasteiger partial charge in [0.25, 0.3) is 0 Å². The van der Waals surface area contributed by atoms with Crippen LogP contribution in [0.5, 0.6) is 0 Å². The third-order valence-corrected chi connectivity index (χ3v) is 4.99. The summed E-state index contributed by atoms with van der Waals surface area (Å²) in [5, 5.41) is 5.78. The number of fused-ring (bicyclic) bond motifs is 1. The number of nitrogens with one attached hydrogen (secondary N) is 2. The normalized spacial score (nSPS) is 14.0. The van der Waals surface area contributed by atoms with Crippen molar-refractivity contribution in [2.75, 3.05) is 16.8 Å². The number of anilines is 2. The molecule has 3 amide bonds. The summed E-state index contributed by atoms with van der Waals surface area (Å²) >= 11 is 0. The molecular formula is C23H22N4O2. The van der Waals surface area contributed by atoms with Crippen molar-refractivity contribution < 1.29 is 9.59 Å². The van der Waals surface area contributed by atoms with Crippen molar-refractivity contribution >= 4 is 23.4 Å². The van der Waals surface area contributed by atoms with Crippen LogP contribution in [0.3, 0.4) is 0 Å². The van der Waals surface area contributed by atoms with Crippen LogP contribution in [0, 0.1) is 0 Å². The molecule has 1 aromatic heterocycles. The first-order chi connectivity index (χ1) is 14.2. The van der Waals surface area contributed by atoms with Crippen molar-refractivity contribution in [3.05, 3.63) is 78.5 Å². The third-order valence-electron chi connectivity index (χ3n) is 4.99. The van der Waals surface area contributed by atoms with E-state index in [9.17, 15) is 9.59 Å². The first-order valence-corrected chi connectivity index (χ1v) is 9.64. The minimum atomic E-state index is -0.334. The van der Waals surface area contributed by atoms with Gasteiger partial charge in [0.15, 0.2) is 5.82 Å². The summed E-state index contributed by atoms with van der Waals surface area (Å²) in [4.78, 5) is 30.6. The van der Waals surface area contributed by atoms with E-state index >= 15 is 0 Å². The number of carbonyl (C=O) groups is 2. The fourth-order valence-corrected chi connectivity index (χ4v) is 3.47. The highest BCUT2D eigenvalue weighted by Gasteiger charge is 2.29. The lowest BCUT2D eigenvalue weighted by Gasteiger charge is -2.29. The molecule has 29 heavy (non-hydrogen) atoms. The molecule has 2 heterocycles. The Hall–Kier alpha value is -3.67. The molecular weight excluding hydrogens is 364 g/mol. The average Bonchev–Trinajstić information content (AvgIpc) is 2.77. The van der Waals surface area contributed by atoms with Gasteiger partial charge in [-0.15, -0.1) is 0 Å². The SMILES string of the molecule is CCC(NC(=O)N1CC(=O)Nc2cccnc21)c1ccc(-c2ccccc2)cc1. The molecule has 2 aromatic carbocycles. The van der Waals surface area contributed by atoms with Gasteiger partial charge in [-0.2, -0.15) is 0 Å². The number of urea groups is 1. The molecule has 6 nitrogen and oxygen atoms in total. The van der Waals surface area contributed by atoms with Crippen LogP contribution < -0.4 is 15.5 Å². The number of pyridine rings is 1. The van der Waals surface area contributed by atoms with Gasteiger partial charge in [0.2, 0.25) is 5.91 Å². The van der Waals surface area contributed by atoms with Gasteiger partial charge in [0, 0.05) is 6.20 Å². The van der Waals surface area contributed by atoms with Crippen molar-refractivity contribution in [1.29, 1.82) is 0 Å². The number of hydrogen-bond donors (Lipinski definition) is 2. The molecule has 0 saturated heterocycles. The molecule has 0 bridgehead atoms. The zero-order valence-corrected chi connectivity index (χ0v) is 16.1. The number of carbonyl (C=O) groups excluding carboxylic acids is 2. The summed E-state index contributed by atoms with van der Waals surface area (Å²) in [7, 11) is 0. The zero-order chi connectivity index (χ0) is 20.2. The molecule has 1 aliphatic heterocycles. The zero-order valence-electron chi connectivity index (χ0n) is 16.1. The highest BCUT2D eigenvalue weighted by Crippen LogP contribution is 2.28. The molecule has 0 saturated carbocycles. The lowest BCUT2D eigenvalue weighted by Crippen LogP contribution is -2.48. The van der Waals surface area contributed by atoms with Crippen molar-refractivity contribution in [3.8, 4) is 11.1 Å². The molecule has 0 radical (unpaired) electrons. The Morgan fingerprint density at radius 2 is 1.79 bits per heavy atom. The van der Waals surface area contributed by atoms with E-state index in [-0.39, 0.29) is 24.5 Å². The summed E-state index contributed by atoms with van der Waals surface area (Å²) in [5.74, 6) is 0.222. The summed E-state index contributed by atoms with van der Waals surface area (Å²) < 4.78 is 0. The average molecular weight is 386 g/mol. The second-order valence-corrected chi connectivity index (χ2v) is 6.91. The van der Waals surface area contributed by atoms with Crippen molar-refractivity contribution in [1.82, 2.24) is 10.3 Å². The summed E-state index contributed by atoms with van der Waals surface area (Å²) in [6, 6.07) is 21.3. The van der Waals surface area contributed by atoms with Crippen LogP contribution >= 0.6 is 0 Å². The van der Waals surface area contributed by atoms with Crippen LogP contribution in [0.4, 0.5) is 16.3 Å². The van der Waals surface area contributed by atoms with E-state index in [0.717, 1.165) is 23.1 Å². The Morgan fingerprint density at radius 1 is 1.07 bits per heavy atom. The molecule has 6 heteroatoms. The van der Waals surface area contributed by atoms with E-state index in [1.807, 2.05) is 37.3 Å². The number of rotatable bonds is 4. The van der Waals surface area contributed by atoms with Gasteiger partial charge >= 0.3 is 6.03 Å². The Balaban J connectivity index is 1.52. The second kappa shape index (κ2) is 8.14. The van der Waals surface area contributed by atoms with Gasteiger partial charge in [-0.3, -0.25) is 9.69 Å². The molecule has 146 valence electrons. The summed E-state index contributed by atoms with van der Waals surface area (Å²) in [5.41, 5.74) is 3.84. The minimum Gasteiger partial charge on any atom is -0.331 e. The second-order valence-electron chi connectivity index (χ2n) is 6.91. The number of amides is 3. The fraction of sp³-hybridized carbons (Fsp3) is 0.174. The topological polar surface area (TPSA) is 74.3 Å². The molecule has 1 aliphatic rings. The predicted octanol–water partition coefficient (Wildman–Crippen LogP) is 4.37. The molecule has 4 rings (SSSR count). The Morgan fingerprint density at radius 3 is 2.52 bits per heavy atom. The highest BCUT2D eigenvalue weighted by atomic mass is 16.2. The maximum Gasteiger partial charge on any atom is 0.324 e. The number of aromatic nitrogens is 1. The van der Waals surface area contributed by atoms with Crippen molar-refractivity contribution in [3.63, 3.8) is 0 Å².